The minimum Gasteiger partial charge on any atom is -0.355 e. The van der Waals surface area contributed by atoms with Crippen molar-refractivity contribution < 1.29 is 9.59 Å². The third kappa shape index (κ3) is 3.74. The first kappa shape index (κ1) is 17.7. The molecule has 1 fully saturated rings. The molecular formula is C22H25N3O2. The van der Waals surface area contributed by atoms with Crippen molar-refractivity contribution in [1.82, 2.24) is 15.5 Å². The number of fused-ring (bicyclic) bond motifs is 1. The first-order valence-corrected chi connectivity index (χ1v) is 9.66. The van der Waals surface area contributed by atoms with Crippen LogP contribution in [0, 0.1) is 0 Å². The number of amides is 2. The van der Waals surface area contributed by atoms with Gasteiger partial charge in [0, 0.05) is 31.2 Å². The molecule has 5 nitrogen and oxygen atoms in total. The second kappa shape index (κ2) is 7.92. The summed E-state index contributed by atoms with van der Waals surface area (Å²) in [5.74, 6) is -0.259. The lowest BCUT2D eigenvalue weighted by molar-refractivity contribution is -0.123. The number of rotatable bonds is 5. The van der Waals surface area contributed by atoms with E-state index < -0.39 is 0 Å². The van der Waals surface area contributed by atoms with E-state index in [1.54, 1.807) is 0 Å². The summed E-state index contributed by atoms with van der Waals surface area (Å²) >= 11 is 0. The molecule has 0 spiro atoms. The Balaban J connectivity index is 1.49. The molecule has 5 heteroatoms. The fourth-order valence-corrected chi connectivity index (χ4v) is 4.07. The summed E-state index contributed by atoms with van der Waals surface area (Å²) < 4.78 is 0. The van der Waals surface area contributed by atoms with Crippen molar-refractivity contribution in [2.45, 2.75) is 24.8 Å². The number of hydrogen-bond acceptors (Lipinski definition) is 3. The normalized spacial score (nSPS) is 21.8. The van der Waals surface area contributed by atoms with E-state index in [4.69, 9.17) is 0 Å². The maximum Gasteiger partial charge on any atom is 0.254 e. The molecule has 140 valence electrons. The van der Waals surface area contributed by atoms with Crippen LogP contribution in [0.2, 0.25) is 0 Å². The van der Waals surface area contributed by atoms with Crippen LogP contribution in [0.1, 0.15) is 33.8 Å². The van der Waals surface area contributed by atoms with E-state index in [2.05, 4.69) is 22.8 Å². The van der Waals surface area contributed by atoms with E-state index in [1.807, 2.05) is 47.4 Å². The molecule has 2 atom stereocenters. The molecule has 2 aromatic carbocycles. The lowest BCUT2D eigenvalue weighted by atomic mass is 9.87. The number of benzene rings is 2. The second-order valence-corrected chi connectivity index (χ2v) is 7.27. The molecule has 0 radical (unpaired) electrons. The molecule has 2 aromatic rings. The predicted octanol–water partition coefficient (Wildman–Crippen LogP) is 1.95. The summed E-state index contributed by atoms with van der Waals surface area (Å²) in [7, 11) is 0. The zero-order valence-corrected chi connectivity index (χ0v) is 15.4. The molecule has 27 heavy (non-hydrogen) atoms. The van der Waals surface area contributed by atoms with Gasteiger partial charge in [0.25, 0.3) is 5.91 Å². The molecule has 0 bridgehead atoms. The maximum atomic E-state index is 13.0. The van der Waals surface area contributed by atoms with Gasteiger partial charge in [0.05, 0.1) is 5.92 Å². The number of nitrogens with one attached hydrogen (secondary N) is 2. The maximum absolute atomic E-state index is 13.0. The molecule has 2 amide bonds. The van der Waals surface area contributed by atoms with E-state index in [9.17, 15) is 9.59 Å². The average molecular weight is 363 g/mol. The molecule has 2 aliphatic rings. The van der Waals surface area contributed by atoms with Crippen LogP contribution in [0.15, 0.2) is 54.6 Å². The summed E-state index contributed by atoms with van der Waals surface area (Å²) in [6.07, 6.45) is 1.74. The summed E-state index contributed by atoms with van der Waals surface area (Å²) in [5, 5.41) is 6.39. The molecule has 1 unspecified atom stereocenters. The highest BCUT2D eigenvalue weighted by Crippen LogP contribution is 2.30. The van der Waals surface area contributed by atoms with E-state index in [-0.39, 0.29) is 23.8 Å². The lowest BCUT2D eigenvalue weighted by Gasteiger charge is -2.37. The minimum atomic E-state index is -0.310. The highest BCUT2D eigenvalue weighted by Gasteiger charge is 2.38. The largest absolute Gasteiger partial charge is 0.355 e. The van der Waals surface area contributed by atoms with Crippen LogP contribution >= 0.6 is 0 Å². The third-order valence-corrected chi connectivity index (χ3v) is 5.55. The molecule has 1 saturated heterocycles. The van der Waals surface area contributed by atoms with Gasteiger partial charge >= 0.3 is 0 Å². The van der Waals surface area contributed by atoms with Crippen molar-refractivity contribution in [2.24, 2.45) is 0 Å². The van der Waals surface area contributed by atoms with Gasteiger partial charge in [-0.05, 0) is 36.6 Å². The monoisotopic (exact) mass is 363 g/mol. The van der Waals surface area contributed by atoms with Crippen molar-refractivity contribution in [3.8, 4) is 0 Å². The SMILES string of the molecule is O=C(NCCc1ccccc1)C1CN([C@H]2CCNC2)C(=O)c2ccccc21. The van der Waals surface area contributed by atoms with Crippen LogP contribution in [-0.4, -0.2) is 48.9 Å². The van der Waals surface area contributed by atoms with Crippen LogP contribution in [0.25, 0.3) is 0 Å². The zero-order valence-electron chi connectivity index (χ0n) is 15.4. The van der Waals surface area contributed by atoms with Crippen molar-refractivity contribution in [3.63, 3.8) is 0 Å². The summed E-state index contributed by atoms with van der Waals surface area (Å²) in [5.41, 5.74) is 2.72. The average Bonchev–Trinajstić information content (AvgIpc) is 3.24. The van der Waals surface area contributed by atoms with E-state index in [1.165, 1.54) is 5.56 Å². The summed E-state index contributed by atoms with van der Waals surface area (Å²) in [4.78, 5) is 27.8. The Morgan fingerprint density at radius 1 is 1.11 bits per heavy atom. The number of hydrogen-bond donors (Lipinski definition) is 2. The van der Waals surface area contributed by atoms with E-state index >= 15 is 0 Å². The highest BCUT2D eigenvalue weighted by molar-refractivity contribution is 6.00. The van der Waals surface area contributed by atoms with Gasteiger partial charge in [0.15, 0.2) is 0 Å². The number of carbonyl (C=O) groups excluding carboxylic acids is 2. The smallest absolute Gasteiger partial charge is 0.254 e. The van der Waals surface area contributed by atoms with Gasteiger partial charge in [0.2, 0.25) is 5.91 Å². The van der Waals surface area contributed by atoms with Gasteiger partial charge in [-0.1, -0.05) is 48.5 Å². The first-order chi connectivity index (χ1) is 13.2. The van der Waals surface area contributed by atoms with Crippen molar-refractivity contribution in [2.75, 3.05) is 26.2 Å². The molecule has 2 aliphatic heterocycles. The molecule has 4 rings (SSSR count). The van der Waals surface area contributed by atoms with Gasteiger partial charge in [0.1, 0.15) is 0 Å². The van der Waals surface area contributed by atoms with Gasteiger partial charge < -0.3 is 15.5 Å². The quantitative estimate of drug-likeness (QED) is 0.854. The van der Waals surface area contributed by atoms with Crippen LogP contribution in [-0.2, 0) is 11.2 Å². The van der Waals surface area contributed by atoms with Gasteiger partial charge in [-0.3, -0.25) is 9.59 Å². The highest BCUT2D eigenvalue weighted by atomic mass is 16.2. The fraction of sp³-hybridized carbons (Fsp3) is 0.364. The standard InChI is InChI=1S/C22H25N3O2/c26-21(24-13-10-16-6-2-1-3-7-16)20-15-25(17-11-12-23-14-17)22(27)19-9-5-4-8-18(19)20/h1-9,17,20,23H,10-15H2,(H,24,26)/t17-,20?/m0/s1. The van der Waals surface area contributed by atoms with Gasteiger partial charge in [-0.15, -0.1) is 0 Å². The Bertz CT molecular complexity index is 815. The zero-order chi connectivity index (χ0) is 18.6. The van der Waals surface area contributed by atoms with Crippen molar-refractivity contribution in [1.29, 1.82) is 0 Å². The van der Waals surface area contributed by atoms with Crippen molar-refractivity contribution >= 4 is 11.8 Å². The van der Waals surface area contributed by atoms with E-state index in [0.717, 1.165) is 31.5 Å². The Morgan fingerprint density at radius 3 is 2.67 bits per heavy atom. The summed E-state index contributed by atoms with van der Waals surface area (Å²) in [6, 6.07) is 17.8. The van der Waals surface area contributed by atoms with Crippen LogP contribution in [0.5, 0.6) is 0 Å². The molecule has 2 N–H and O–H groups in total. The summed E-state index contributed by atoms with van der Waals surface area (Å²) in [6.45, 7) is 2.78. The molecular weight excluding hydrogens is 338 g/mol. The third-order valence-electron chi connectivity index (χ3n) is 5.55. The Labute approximate surface area is 159 Å². The lowest BCUT2D eigenvalue weighted by Crippen LogP contribution is -2.50. The van der Waals surface area contributed by atoms with Crippen LogP contribution in [0.3, 0.4) is 0 Å². The number of carbonyl (C=O) groups is 2. The van der Waals surface area contributed by atoms with Gasteiger partial charge in [-0.25, -0.2) is 0 Å². The number of nitrogens with zero attached hydrogens (tertiary/aromatic N) is 1. The molecule has 2 heterocycles. The Hall–Kier alpha value is -2.66. The van der Waals surface area contributed by atoms with Crippen LogP contribution in [0.4, 0.5) is 0 Å². The van der Waals surface area contributed by atoms with E-state index in [0.29, 0.717) is 18.7 Å². The predicted molar refractivity (Wildman–Crippen MR) is 105 cm³/mol. The first-order valence-electron chi connectivity index (χ1n) is 9.66. The van der Waals surface area contributed by atoms with Gasteiger partial charge in [-0.2, -0.15) is 0 Å². The molecule has 0 aromatic heterocycles. The molecule has 0 saturated carbocycles. The van der Waals surface area contributed by atoms with Crippen LogP contribution < -0.4 is 10.6 Å². The Kier molecular flexibility index (Phi) is 5.21. The fourth-order valence-electron chi connectivity index (χ4n) is 4.07. The molecule has 0 aliphatic carbocycles. The van der Waals surface area contributed by atoms with Crippen molar-refractivity contribution in [3.05, 3.63) is 71.3 Å². The Morgan fingerprint density at radius 2 is 1.89 bits per heavy atom. The minimum absolute atomic E-state index is 0.00170. The topological polar surface area (TPSA) is 61.4 Å². The second-order valence-electron chi connectivity index (χ2n) is 7.27.